The molecule has 1 N–H and O–H groups in total. The molecule has 1 aliphatic rings. The molecule has 0 aromatic heterocycles. The van der Waals surface area contributed by atoms with E-state index in [-0.39, 0.29) is 6.03 Å². The van der Waals surface area contributed by atoms with Gasteiger partial charge in [-0.15, -0.1) is 0 Å². The molecule has 4 nitrogen and oxygen atoms in total. The zero-order valence-electron chi connectivity index (χ0n) is 10.8. The number of nitrogens with zero attached hydrogens (tertiary/aromatic N) is 2. The van der Waals surface area contributed by atoms with Gasteiger partial charge >= 0.3 is 6.03 Å². The van der Waals surface area contributed by atoms with Gasteiger partial charge in [-0.05, 0) is 18.2 Å². The van der Waals surface area contributed by atoms with Crippen LogP contribution in [0.4, 0.5) is 10.5 Å². The zero-order chi connectivity index (χ0) is 13.2. The van der Waals surface area contributed by atoms with Crippen LogP contribution in [0.2, 0.25) is 5.02 Å². The molecule has 0 atom stereocenters. The van der Waals surface area contributed by atoms with Gasteiger partial charge in [0.05, 0.1) is 40.3 Å². The van der Waals surface area contributed by atoms with Gasteiger partial charge in [-0.3, -0.25) is 0 Å². The van der Waals surface area contributed by atoms with Crippen molar-refractivity contribution in [3.05, 3.63) is 29.3 Å². The summed E-state index contributed by atoms with van der Waals surface area (Å²) in [6.07, 6.45) is 0. The van der Waals surface area contributed by atoms with E-state index in [1.807, 2.05) is 17.0 Å². The highest BCUT2D eigenvalue weighted by molar-refractivity contribution is 6.30. The van der Waals surface area contributed by atoms with Gasteiger partial charge in [0.1, 0.15) is 0 Å². The number of nitrogens with one attached hydrogen (secondary N) is 1. The van der Waals surface area contributed by atoms with Gasteiger partial charge in [-0.25, -0.2) is 4.79 Å². The molecule has 0 saturated carbocycles. The molecule has 1 heterocycles. The van der Waals surface area contributed by atoms with Crippen molar-refractivity contribution >= 4 is 23.3 Å². The van der Waals surface area contributed by atoms with Gasteiger partial charge in [-0.1, -0.05) is 17.7 Å². The molecule has 98 valence electrons. The van der Waals surface area contributed by atoms with Crippen LogP contribution in [0.3, 0.4) is 0 Å². The first-order chi connectivity index (χ1) is 8.46. The van der Waals surface area contributed by atoms with Crippen molar-refractivity contribution in [2.75, 3.05) is 45.6 Å². The Hall–Kier alpha value is -1.26. The molecule has 1 aliphatic heterocycles. The van der Waals surface area contributed by atoms with E-state index in [0.717, 1.165) is 36.3 Å². The van der Waals surface area contributed by atoms with E-state index in [4.69, 9.17) is 11.6 Å². The van der Waals surface area contributed by atoms with Gasteiger partial charge in [-0.2, -0.15) is 0 Å². The number of carbonyl (C=O) groups is 1. The number of quaternary nitrogens is 1. The molecule has 1 aromatic rings. The van der Waals surface area contributed by atoms with E-state index in [2.05, 4.69) is 19.4 Å². The van der Waals surface area contributed by atoms with Crippen LogP contribution in [-0.2, 0) is 0 Å². The fourth-order valence-corrected chi connectivity index (χ4v) is 2.17. The Bertz CT molecular complexity index is 438. The van der Waals surface area contributed by atoms with Crippen LogP contribution in [0, 0.1) is 0 Å². The Kier molecular flexibility index (Phi) is 3.78. The third kappa shape index (κ3) is 3.37. The molecular formula is C13H19ClN3O+. The second-order valence-corrected chi connectivity index (χ2v) is 5.75. The lowest BCUT2D eigenvalue weighted by Gasteiger charge is -2.38. The molecule has 1 fully saturated rings. The summed E-state index contributed by atoms with van der Waals surface area (Å²) >= 11 is 5.88. The van der Waals surface area contributed by atoms with Gasteiger partial charge in [0, 0.05) is 10.7 Å². The molecule has 1 aromatic carbocycles. The highest BCUT2D eigenvalue weighted by Gasteiger charge is 2.27. The van der Waals surface area contributed by atoms with Crippen molar-refractivity contribution in [2.24, 2.45) is 0 Å². The van der Waals surface area contributed by atoms with Crippen LogP contribution < -0.4 is 5.32 Å². The standard InChI is InChI=1S/C13H18ClN3O/c1-17(2)8-6-16(7-9-17)13(18)15-12-5-3-4-11(14)10-12/h3-5,10H,6-9H2,1-2H3/p+1. The minimum atomic E-state index is -0.0445. The summed E-state index contributed by atoms with van der Waals surface area (Å²) in [7, 11) is 4.37. The number of likely N-dealkylation sites (N-methyl/N-ethyl adjacent to an activating group) is 1. The van der Waals surface area contributed by atoms with E-state index in [1.54, 1.807) is 12.1 Å². The molecule has 0 radical (unpaired) electrons. The SMILES string of the molecule is C[N+]1(C)CCN(C(=O)Nc2cccc(Cl)c2)CC1. The molecular weight excluding hydrogens is 250 g/mol. The predicted octanol–water partition coefficient (Wildman–Crippen LogP) is 2.26. The first-order valence-electron chi connectivity index (χ1n) is 6.10. The van der Waals surface area contributed by atoms with Crippen molar-refractivity contribution in [3.8, 4) is 0 Å². The van der Waals surface area contributed by atoms with E-state index in [9.17, 15) is 4.79 Å². The topological polar surface area (TPSA) is 32.3 Å². The third-order valence-corrected chi connectivity index (χ3v) is 3.55. The monoisotopic (exact) mass is 268 g/mol. The summed E-state index contributed by atoms with van der Waals surface area (Å²) in [6, 6.07) is 7.17. The van der Waals surface area contributed by atoms with Crippen molar-refractivity contribution in [1.82, 2.24) is 4.90 Å². The van der Waals surface area contributed by atoms with Gasteiger partial charge in [0.25, 0.3) is 0 Å². The number of benzene rings is 1. The zero-order valence-corrected chi connectivity index (χ0v) is 11.6. The van der Waals surface area contributed by atoms with Crippen LogP contribution in [0.5, 0.6) is 0 Å². The maximum atomic E-state index is 12.1. The highest BCUT2D eigenvalue weighted by Crippen LogP contribution is 2.16. The smallest absolute Gasteiger partial charge is 0.322 e. The average molecular weight is 269 g/mol. The minimum absolute atomic E-state index is 0.0445. The Morgan fingerprint density at radius 3 is 2.61 bits per heavy atom. The molecule has 18 heavy (non-hydrogen) atoms. The van der Waals surface area contributed by atoms with Crippen LogP contribution in [-0.4, -0.2) is 55.7 Å². The minimum Gasteiger partial charge on any atom is -0.326 e. The first kappa shape index (κ1) is 13.2. The molecule has 0 unspecified atom stereocenters. The molecule has 2 rings (SSSR count). The maximum Gasteiger partial charge on any atom is 0.322 e. The highest BCUT2D eigenvalue weighted by atomic mass is 35.5. The second kappa shape index (κ2) is 5.16. The summed E-state index contributed by atoms with van der Waals surface area (Å²) < 4.78 is 0.973. The first-order valence-corrected chi connectivity index (χ1v) is 6.48. The van der Waals surface area contributed by atoms with Crippen LogP contribution in [0.25, 0.3) is 0 Å². The molecule has 1 saturated heterocycles. The number of hydrogen-bond acceptors (Lipinski definition) is 1. The summed E-state index contributed by atoms with van der Waals surface area (Å²) in [4.78, 5) is 13.9. The molecule has 0 bridgehead atoms. The van der Waals surface area contributed by atoms with E-state index < -0.39 is 0 Å². The van der Waals surface area contributed by atoms with E-state index in [1.165, 1.54) is 0 Å². The van der Waals surface area contributed by atoms with Gasteiger partial charge < -0.3 is 14.7 Å². The summed E-state index contributed by atoms with van der Waals surface area (Å²) in [6.45, 7) is 3.56. The lowest BCUT2D eigenvalue weighted by molar-refractivity contribution is -0.894. The summed E-state index contributed by atoms with van der Waals surface area (Å²) in [5.74, 6) is 0. The number of rotatable bonds is 1. The Morgan fingerprint density at radius 1 is 1.33 bits per heavy atom. The number of urea groups is 1. The average Bonchev–Trinajstić information content (AvgIpc) is 2.28. The molecule has 2 amide bonds. The summed E-state index contributed by atoms with van der Waals surface area (Å²) in [5.41, 5.74) is 0.742. The fraction of sp³-hybridized carbons (Fsp3) is 0.462. The number of amides is 2. The number of halogens is 1. The summed E-state index contributed by atoms with van der Waals surface area (Å²) in [5, 5.41) is 3.50. The van der Waals surface area contributed by atoms with Gasteiger partial charge in [0.15, 0.2) is 0 Å². The maximum absolute atomic E-state index is 12.1. The third-order valence-electron chi connectivity index (χ3n) is 3.31. The van der Waals surface area contributed by atoms with Crippen LogP contribution in [0.1, 0.15) is 0 Å². The van der Waals surface area contributed by atoms with E-state index in [0.29, 0.717) is 5.02 Å². The van der Waals surface area contributed by atoms with Crippen LogP contribution in [0.15, 0.2) is 24.3 Å². The van der Waals surface area contributed by atoms with Crippen molar-refractivity contribution in [3.63, 3.8) is 0 Å². The van der Waals surface area contributed by atoms with Crippen molar-refractivity contribution in [2.45, 2.75) is 0 Å². The number of piperazine rings is 1. The largest absolute Gasteiger partial charge is 0.326 e. The quantitative estimate of drug-likeness (QED) is 0.779. The van der Waals surface area contributed by atoms with E-state index >= 15 is 0 Å². The predicted molar refractivity (Wildman–Crippen MR) is 73.9 cm³/mol. The lowest BCUT2D eigenvalue weighted by Crippen LogP contribution is -2.56. The number of carbonyl (C=O) groups excluding carboxylic acids is 1. The molecule has 5 heteroatoms. The van der Waals surface area contributed by atoms with Crippen molar-refractivity contribution in [1.29, 1.82) is 0 Å². The van der Waals surface area contributed by atoms with Crippen LogP contribution >= 0.6 is 11.6 Å². The molecule has 0 spiro atoms. The second-order valence-electron chi connectivity index (χ2n) is 5.31. The lowest BCUT2D eigenvalue weighted by atomic mass is 10.3. The molecule has 0 aliphatic carbocycles. The Morgan fingerprint density at radius 2 is 2.00 bits per heavy atom. The van der Waals surface area contributed by atoms with Crippen molar-refractivity contribution < 1.29 is 9.28 Å². The van der Waals surface area contributed by atoms with Gasteiger partial charge in [0.2, 0.25) is 0 Å². The number of hydrogen-bond donors (Lipinski definition) is 1. The Labute approximate surface area is 113 Å². The normalized spacial score (nSPS) is 18.5. The number of anilines is 1. The fourth-order valence-electron chi connectivity index (χ4n) is 1.98. The Balaban J connectivity index is 1.93.